The van der Waals surface area contributed by atoms with E-state index in [4.69, 9.17) is 9.47 Å². The lowest BCUT2D eigenvalue weighted by molar-refractivity contribution is 0.263. The summed E-state index contributed by atoms with van der Waals surface area (Å²) in [4.78, 5) is 0.241. The molecule has 1 aliphatic heterocycles. The van der Waals surface area contributed by atoms with Crippen molar-refractivity contribution in [2.24, 2.45) is 0 Å². The van der Waals surface area contributed by atoms with Gasteiger partial charge in [0.2, 0.25) is 0 Å². The molecule has 0 spiro atoms. The van der Waals surface area contributed by atoms with E-state index in [1.54, 1.807) is 42.5 Å². The number of ether oxygens (including phenoxy) is 2. The van der Waals surface area contributed by atoms with Crippen molar-refractivity contribution in [3.8, 4) is 5.75 Å². The van der Waals surface area contributed by atoms with Crippen LogP contribution in [-0.4, -0.2) is 27.7 Å². The maximum Gasteiger partial charge on any atom is 0.261 e. The average molecular weight is 319 g/mol. The average Bonchev–Trinajstić information content (AvgIpc) is 3.29. The first kappa shape index (κ1) is 14.9. The van der Waals surface area contributed by atoms with Gasteiger partial charge < -0.3 is 9.47 Å². The van der Waals surface area contributed by atoms with E-state index >= 15 is 0 Å². The summed E-state index contributed by atoms with van der Waals surface area (Å²) in [5.41, 5.74) is 1.36. The van der Waals surface area contributed by atoms with E-state index < -0.39 is 10.0 Å². The molecule has 1 N–H and O–H groups in total. The first-order valence-electron chi connectivity index (χ1n) is 6.97. The van der Waals surface area contributed by atoms with E-state index in [1.807, 2.05) is 13.0 Å². The highest BCUT2D eigenvalue weighted by Gasteiger charge is 2.23. The Bertz CT molecular complexity index is 769. The van der Waals surface area contributed by atoms with Crippen LogP contribution in [0.5, 0.6) is 5.75 Å². The van der Waals surface area contributed by atoms with Crippen molar-refractivity contribution in [3.05, 3.63) is 54.1 Å². The molecule has 6 heteroatoms. The minimum absolute atomic E-state index is 0.160. The van der Waals surface area contributed by atoms with Crippen LogP contribution in [0.15, 0.2) is 53.4 Å². The van der Waals surface area contributed by atoms with Gasteiger partial charge in [0, 0.05) is 6.07 Å². The lowest BCUT2D eigenvalue weighted by atomic mass is 10.2. The zero-order valence-corrected chi connectivity index (χ0v) is 13.0. The van der Waals surface area contributed by atoms with E-state index in [9.17, 15) is 8.42 Å². The second kappa shape index (κ2) is 5.98. The highest BCUT2D eigenvalue weighted by atomic mass is 32.2. The molecule has 3 rings (SSSR count). The fraction of sp³-hybridized carbons (Fsp3) is 0.250. The Hall–Kier alpha value is -2.05. The first-order valence-corrected chi connectivity index (χ1v) is 8.45. The standard InChI is InChI=1S/C16H17NO4S/c1-12-4-2-7-16(8-12)22(18,19)17-13-5-3-6-14(9-13)20-10-15-11-21-15/h2-9,15,17H,10-11H2,1H3. The summed E-state index contributed by atoms with van der Waals surface area (Å²) in [6.07, 6.45) is 0.160. The van der Waals surface area contributed by atoms with Crippen LogP contribution in [0.1, 0.15) is 5.56 Å². The normalized spacial score (nSPS) is 17.0. The van der Waals surface area contributed by atoms with Crippen LogP contribution in [0.2, 0.25) is 0 Å². The van der Waals surface area contributed by atoms with Crippen LogP contribution in [0.4, 0.5) is 5.69 Å². The van der Waals surface area contributed by atoms with Crippen molar-refractivity contribution < 1.29 is 17.9 Å². The summed E-state index contributed by atoms with van der Waals surface area (Å²) in [6.45, 7) is 3.06. The molecule has 0 saturated carbocycles. The molecule has 2 aromatic rings. The third-order valence-corrected chi connectivity index (χ3v) is 4.60. The Labute approximate surface area is 129 Å². The number of epoxide rings is 1. The minimum atomic E-state index is -3.60. The molecule has 5 nitrogen and oxygen atoms in total. The smallest absolute Gasteiger partial charge is 0.261 e. The van der Waals surface area contributed by atoms with E-state index in [0.29, 0.717) is 18.0 Å². The SMILES string of the molecule is Cc1cccc(S(=O)(=O)Nc2cccc(OCC3CO3)c2)c1. The molecule has 1 aliphatic rings. The van der Waals surface area contributed by atoms with Crippen LogP contribution in [0.25, 0.3) is 0 Å². The second-order valence-corrected chi connectivity index (χ2v) is 6.90. The topological polar surface area (TPSA) is 67.9 Å². The number of anilines is 1. The van der Waals surface area contributed by atoms with Crippen LogP contribution in [-0.2, 0) is 14.8 Å². The molecule has 0 aromatic heterocycles. The van der Waals surface area contributed by atoms with Crippen molar-refractivity contribution in [1.29, 1.82) is 0 Å². The number of sulfonamides is 1. The van der Waals surface area contributed by atoms with E-state index in [1.165, 1.54) is 0 Å². The predicted octanol–water partition coefficient (Wildman–Crippen LogP) is 2.57. The molecular formula is C16H17NO4S. The lowest BCUT2D eigenvalue weighted by Gasteiger charge is -2.10. The van der Waals surface area contributed by atoms with Gasteiger partial charge in [0.1, 0.15) is 18.5 Å². The largest absolute Gasteiger partial charge is 0.491 e. The van der Waals surface area contributed by atoms with Gasteiger partial charge in [-0.1, -0.05) is 18.2 Å². The molecule has 1 saturated heterocycles. The van der Waals surface area contributed by atoms with Gasteiger partial charge in [-0.2, -0.15) is 0 Å². The van der Waals surface area contributed by atoms with Crippen molar-refractivity contribution in [3.63, 3.8) is 0 Å². The monoisotopic (exact) mass is 319 g/mol. The highest BCUT2D eigenvalue weighted by Crippen LogP contribution is 2.22. The summed E-state index contributed by atoms with van der Waals surface area (Å²) >= 11 is 0. The van der Waals surface area contributed by atoms with Gasteiger partial charge in [-0.25, -0.2) is 8.42 Å². The lowest BCUT2D eigenvalue weighted by Crippen LogP contribution is -2.13. The zero-order valence-electron chi connectivity index (χ0n) is 12.2. The number of rotatable bonds is 6. The molecule has 0 bridgehead atoms. The third-order valence-electron chi connectivity index (χ3n) is 3.22. The number of aryl methyl sites for hydroxylation is 1. The zero-order chi connectivity index (χ0) is 15.6. The van der Waals surface area contributed by atoms with Gasteiger partial charge in [-0.3, -0.25) is 4.72 Å². The first-order chi connectivity index (χ1) is 10.5. The number of benzene rings is 2. The van der Waals surface area contributed by atoms with Crippen molar-refractivity contribution in [1.82, 2.24) is 0 Å². The van der Waals surface area contributed by atoms with E-state index in [-0.39, 0.29) is 11.0 Å². The van der Waals surface area contributed by atoms with Gasteiger partial charge in [0.15, 0.2) is 0 Å². The summed E-state index contributed by atoms with van der Waals surface area (Å²) in [7, 11) is -3.60. The predicted molar refractivity (Wildman–Crippen MR) is 83.7 cm³/mol. The summed E-state index contributed by atoms with van der Waals surface area (Å²) < 4.78 is 37.9. The van der Waals surface area contributed by atoms with E-state index in [0.717, 1.165) is 12.2 Å². The van der Waals surface area contributed by atoms with Gasteiger partial charge in [-0.05, 0) is 36.8 Å². The maximum absolute atomic E-state index is 12.4. The van der Waals surface area contributed by atoms with Crippen molar-refractivity contribution in [2.75, 3.05) is 17.9 Å². The summed E-state index contributed by atoms with van der Waals surface area (Å²) in [5, 5.41) is 0. The van der Waals surface area contributed by atoms with Gasteiger partial charge >= 0.3 is 0 Å². The molecule has 1 atom stereocenters. The third kappa shape index (κ3) is 3.78. The quantitative estimate of drug-likeness (QED) is 0.831. The molecule has 2 aromatic carbocycles. The fourth-order valence-electron chi connectivity index (χ4n) is 2.00. The van der Waals surface area contributed by atoms with E-state index in [2.05, 4.69) is 4.72 Å². The summed E-state index contributed by atoms with van der Waals surface area (Å²) in [6, 6.07) is 13.7. The Balaban J connectivity index is 1.75. The Kier molecular flexibility index (Phi) is 4.04. The number of hydrogen-bond donors (Lipinski definition) is 1. The van der Waals surface area contributed by atoms with Crippen LogP contribution >= 0.6 is 0 Å². The Morgan fingerprint density at radius 2 is 2.00 bits per heavy atom. The fourth-order valence-corrected chi connectivity index (χ4v) is 3.15. The molecule has 1 heterocycles. The molecule has 0 aliphatic carbocycles. The summed E-state index contributed by atoms with van der Waals surface area (Å²) in [5.74, 6) is 0.611. The second-order valence-electron chi connectivity index (χ2n) is 5.22. The molecule has 116 valence electrons. The molecular weight excluding hydrogens is 302 g/mol. The Morgan fingerprint density at radius 3 is 2.73 bits per heavy atom. The van der Waals surface area contributed by atoms with Crippen LogP contribution < -0.4 is 9.46 Å². The maximum atomic E-state index is 12.4. The molecule has 0 radical (unpaired) electrons. The number of nitrogens with one attached hydrogen (secondary N) is 1. The van der Waals surface area contributed by atoms with Gasteiger partial charge in [0.05, 0.1) is 17.2 Å². The highest BCUT2D eigenvalue weighted by molar-refractivity contribution is 7.92. The van der Waals surface area contributed by atoms with Crippen LogP contribution in [0, 0.1) is 6.92 Å². The molecule has 22 heavy (non-hydrogen) atoms. The molecule has 0 amide bonds. The van der Waals surface area contributed by atoms with Gasteiger partial charge in [-0.15, -0.1) is 0 Å². The van der Waals surface area contributed by atoms with Crippen molar-refractivity contribution >= 4 is 15.7 Å². The molecule has 1 fully saturated rings. The minimum Gasteiger partial charge on any atom is -0.491 e. The Morgan fingerprint density at radius 1 is 1.23 bits per heavy atom. The molecule has 1 unspecified atom stereocenters. The van der Waals surface area contributed by atoms with Crippen LogP contribution in [0.3, 0.4) is 0 Å². The van der Waals surface area contributed by atoms with Gasteiger partial charge in [0.25, 0.3) is 10.0 Å². The van der Waals surface area contributed by atoms with Crippen molar-refractivity contribution in [2.45, 2.75) is 17.9 Å². The number of hydrogen-bond acceptors (Lipinski definition) is 4.